The summed E-state index contributed by atoms with van der Waals surface area (Å²) in [4.78, 5) is 20.9. The second-order valence-electron chi connectivity index (χ2n) is 4.42. The molecule has 0 saturated carbocycles. The van der Waals surface area contributed by atoms with Crippen molar-refractivity contribution in [1.82, 2.24) is 9.97 Å². The molecule has 0 aliphatic carbocycles. The zero-order valence-electron chi connectivity index (χ0n) is 11.0. The fraction of sp³-hybridized carbons (Fsp3) is 0.0625. The quantitative estimate of drug-likeness (QED) is 0.513. The van der Waals surface area contributed by atoms with Crippen molar-refractivity contribution in [3.63, 3.8) is 0 Å². The van der Waals surface area contributed by atoms with Crippen LogP contribution >= 0.6 is 27.7 Å². The van der Waals surface area contributed by atoms with Crippen LogP contribution in [0.15, 0.2) is 64.2 Å². The minimum Gasteiger partial charge on any atom is -0.293 e. The topological polar surface area (TPSA) is 42.9 Å². The summed E-state index contributed by atoms with van der Waals surface area (Å²) in [7, 11) is 0. The lowest BCUT2D eigenvalue weighted by atomic mass is 10.2. The maximum atomic E-state index is 12.1. The molecule has 104 valence electrons. The van der Waals surface area contributed by atoms with E-state index in [1.807, 2.05) is 48.5 Å². The number of aromatic nitrogens is 2. The third-order valence-electron chi connectivity index (χ3n) is 2.94. The van der Waals surface area contributed by atoms with Gasteiger partial charge in [-0.25, -0.2) is 4.98 Å². The SMILES string of the molecule is O=C(CSc1cnc2ccccc2n1)c1ccc(Br)cc1. The van der Waals surface area contributed by atoms with Crippen molar-refractivity contribution >= 4 is 44.5 Å². The zero-order chi connectivity index (χ0) is 14.7. The van der Waals surface area contributed by atoms with Crippen LogP contribution in [-0.4, -0.2) is 21.5 Å². The van der Waals surface area contributed by atoms with Crippen molar-refractivity contribution in [2.45, 2.75) is 5.03 Å². The first-order valence-electron chi connectivity index (χ1n) is 6.36. The molecule has 0 unspecified atom stereocenters. The van der Waals surface area contributed by atoms with Crippen LogP contribution in [0, 0.1) is 0 Å². The Hall–Kier alpha value is -1.72. The second kappa shape index (κ2) is 6.37. The Kier molecular flexibility index (Phi) is 4.31. The van der Waals surface area contributed by atoms with Gasteiger partial charge in [-0.1, -0.05) is 52.0 Å². The molecule has 3 aromatic rings. The van der Waals surface area contributed by atoms with Crippen LogP contribution in [-0.2, 0) is 0 Å². The van der Waals surface area contributed by atoms with E-state index < -0.39 is 0 Å². The smallest absolute Gasteiger partial charge is 0.173 e. The number of fused-ring (bicyclic) bond motifs is 1. The maximum absolute atomic E-state index is 12.1. The summed E-state index contributed by atoms with van der Waals surface area (Å²) in [6.07, 6.45) is 1.71. The van der Waals surface area contributed by atoms with Crippen LogP contribution in [0.5, 0.6) is 0 Å². The Bertz CT molecular complexity index is 790. The Morgan fingerprint density at radius 2 is 1.76 bits per heavy atom. The number of carbonyl (C=O) groups is 1. The standard InChI is InChI=1S/C16H11BrN2OS/c17-12-7-5-11(6-8-12)15(20)10-21-16-9-18-13-3-1-2-4-14(13)19-16/h1-9H,10H2. The highest BCUT2D eigenvalue weighted by Crippen LogP contribution is 2.19. The number of halogens is 1. The van der Waals surface area contributed by atoms with Gasteiger partial charge in [-0.15, -0.1) is 0 Å². The Labute approximate surface area is 134 Å². The second-order valence-corrected chi connectivity index (χ2v) is 6.33. The number of hydrogen-bond acceptors (Lipinski definition) is 4. The molecule has 3 rings (SSSR count). The monoisotopic (exact) mass is 358 g/mol. The average Bonchev–Trinajstić information content (AvgIpc) is 2.53. The summed E-state index contributed by atoms with van der Waals surface area (Å²) >= 11 is 4.77. The number of nitrogens with zero attached hydrogens (tertiary/aromatic N) is 2. The summed E-state index contributed by atoms with van der Waals surface area (Å²) < 4.78 is 0.965. The van der Waals surface area contributed by atoms with Gasteiger partial charge in [0.15, 0.2) is 5.78 Å². The first kappa shape index (κ1) is 14.2. The summed E-state index contributed by atoms with van der Waals surface area (Å²) in [6.45, 7) is 0. The molecular weight excluding hydrogens is 348 g/mol. The van der Waals surface area contributed by atoms with Crippen molar-refractivity contribution in [3.8, 4) is 0 Å². The zero-order valence-corrected chi connectivity index (χ0v) is 13.4. The fourth-order valence-electron chi connectivity index (χ4n) is 1.87. The van der Waals surface area contributed by atoms with Crippen LogP contribution in [0.2, 0.25) is 0 Å². The Balaban J connectivity index is 1.71. The summed E-state index contributed by atoms with van der Waals surface area (Å²) in [5.41, 5.74) is 2.42. The molecule has 0 N–H and O–H groups in total. The van der Waals surface area contributed by atoms with E-state index in [0.717, 1.165) is 20.5 Å². The van der Waals surface area contributed by atoms with E-state index in [1.165, 1.54) is 11.8 Å². The van der Waals surface area contributed by atoms with Crippen LogP contribution < -0.4 is 0 Å². The number of hydrogen-bond donors (Lipinski definition) is 0. The minimum absolute atomic E-state index is 0.0856. The molecule has 21 heavy (non-hydrogen) atoms. The van der Waals surface area contributed by atoms with E-state index in [-0.39, 0.29) is 5.78 Å². The van der Waals surface area contributed by atoms with E-state index in [4.69, 9.17) is 0 Å². The molecule has 5 heteroatoms. The summed E-state index contributed by atoms with van der Waals surface area (Å²) in [5.74, 6) is 0.441. The lowest BCUT2D eigenvalue weighted by Gasteiger charge is -2.03. The van der Waals surface area contributed by atoms with E-state index in [1.54, 1.807) is 6.20 Å². The van der Waals surface area contributed by atoms with Gasteiger partial charge in [0.1, 0.15) is 5.03 Å². The molecule has 1 aromatic heterocycles. The molecular formula is C16H11BrN2OS. The first-order chi connectivity index (χ1) is 10.2. The van der Waals surface area contributed by atoms with Crippen LogP contribution in [0.1, 0.15) is 10.4 Å². The number of benzene rings is 2. The molecule has 0 radical (unpaired) electrons. The minimum atomic E-state index is 0.0856. The lowest BCUT2D eigenvalue weighted by molar-refractivity contribution is 0.102. The molecule has 2 aromatic carbocycles. The van der Waals surface area contributed by atoms with Gasteiger partial charge < -0.3 is 0 Å². The van der Waals surface area contributed by atoms with E-state index in [2.05, 4.69) is 25.9 Å². The predicted octanol–water partition coefficient (Wildman–Crippen LogP) is 4.37. The van der Waals surface area contributed by atoms with Crippen molar-refractivity contribution in [1.29, 1.82) is 0 Å². The van der Waals surface area contributed by atoms with E-state index in [0.29, 0.717) is 11.3 Å². The van der Waals surface area contributed by atoms with Crippen LogP contribution in [0.4, 0.5) is 0 Å². The Morgan fingerprint density at radius 1 is 1.05 bits per heavy atom. The van der Waals surface area contributed by atoms with Crippen LogP contribution in [0.3, 0.4) is 0 Å². The summed E-state index contributed by atoms with van der Waals surface area (Å²) in [5, 5.41) is 0.763. The number of rotatable bonds is 4. The van der Waals surface area contributed by atoms with Gasteiger partial charge in [-0.05, 0) is 24.3 Å². The molecule has 0 saturated heterocycles. The van der Waals surface area contributed by atoms with Gasteiger partial charge in [0.2, 0.25) is 0 Å². The highest BCUT2D eigenvalue weighted by Gasteiger charge is 2.08. The van der Waals surface area contributed by atoms with Gasteiger partial charge in [-0.2, -0.15) is 0 Å². The Morgan fingerprint density at radius 3 is 2.52 bits per heavy atom. The number of thioether (sulfide) groups is 1. The lowest BCUT2D eigenvalue weighted by Crippen LogP contribution is -2.02. The molecule has 1 heterocycles. The van der Waals surface area contributed by atoms with Crippen molar-refractivity contribution in [2.75, 3.05) is 5.75 Å². The molecule has 0 aliphatic heterocycles. The number of para-hydroxylation sites is 2. The highest BCUT2D eigenvalue weighted by molar-refractivity contribution is 9.10. The molecule has 0 amide bonds. The van der Waals surface area contributed by atoms with E-state index in [9.17, 15) is 4.79 Å². The van der Waals surface area contributed by atoms with Gasteiger partial charge >= 0.3 is 0 Å². The third kappa shape index (κ3) is 3.49. The number of ketones is 1. The third-order valence-corrected chi connectivity index (χ3v) is 4.37. The molecule has 0 fully saturated rings. The molecule has 0 atom stereocenters. The molecule has 3 nitrogen and oxygen atoms in total. The van der Waals surface area contributed by atoms with Gasteiger partial charge in [0, 0.05) is 10.0 Å². The number of Topliss-reactive ketones (excluding diaryl/α,β-unsaturated/α-hetero) is 1. The van der Waals surface area contributed by atoms with Crippen molar-refractivity contribution in [2.24, 2.45) is 0 Å². The maximum Gasteiger partial charge on any atom is 0.173 e. The first-order valence-corrected chi connectivity index (χ1v) is 8.13. The average molecular weight is 359 g/mol. The van der Waals surface area contributed by atoms with Gasteiger partial charge in [0.25, 0.3) is 0 Å². The fourth-order valence-corrected chi connectivity index (χ4v) is 2.87. The number of carbonyl (C=O) groups excluding carboxylic acids is 1. The molecule has 0 bridgehead atoms. The largest absolute Gasteiger partial charge is 0.293 e. The summed E-state index contributed by atoms with van der Waals surface area (Å²) in [6, 6.07) is 15.1. The predicted molar refractivity (Wildman–Crippen MR) is 88.7 cm³/mol. The van der Waals surface area contributed by atoms with Crippen molar-refractivity contribution < 1.29 is 4.79 Å². The molecule has 0 aliphatic rings. The van der Waals surface area contributed by atoms with Crippen molar-refractivity contribution in [3.05, 3.63) is 64.8 Å². The normalized spacial score (nSPS) is 10.7. The van der Waals surface area contributed by atoms with E-state index >= 15 is 0 Å². The molecule has 0 spiro atoms. The van der Waals surface area contributed by atoms with Gasteiger partial charge in [0.05, 0.1) is 23.0 Å². The van der Waals surface area contributed by atoms with Gasteiger partial charge in [-0.3, -0.25) is 9.78 Å². The van der Waals surface area contributed by atoms with Crippen LogP contribution in [0.25, 0.3) is 11.0 Å². The highest BCUT2D eigenvalue weighted by atomic mass is 79.9.